The lowest BCUT2D eigenvalue weighted by atomic mass is 10.0. The van der Waals surface area contributed by atoms with E-state index in [0.717, 1.165) is 11.1 Å². The molecule has 1 N–H and O–H groups in total. The van der Waals surface area contributed by atoms with Crippen LogP contribution in [0.15, 0.2) is 12.4 Å². The summed E-state index contributed by atoms with van der Waals surface area (Å²) in [5.41, 5.74) is 0.627. The van der Waals surface area contributed by atoms with Crippen LogP contribution in [-0.4, -0.2) is 22.0 Å². The zero-order chi connectivity index (χ0) is 13.1. The molecule has 0 fully saturated rings. The fraction of sp³-hybridized carbons (Fsp3) is 0.727. The van der Waals surface area contributed by atoms with Gasteiger partial charge in [0.05, 0.1) is 11.9 Å². The maximum Gasteiger partial charge on any atom is 0.408 e. The van der Waals surface area contributed by atoms with E-state index in [1.807, 2.05) is 6.92 Å². The molecule has 0 aliphatic carbocycles. The summed E-state index contributed by atoms with van der Waals surface area (Å²) in [5, 5.41) is 6.82. The van der Waals surface area contributed by atoms with Crippen LogP contribution in [0.25, 0.3) is 0 Å². The molecular weight excluding hydrogens is 231 g/mol. The zero-order valence-corrected chi connectivity index (χ0v) is 10.3. The van der Waals surface area contributed by atoms with Crippen LogP contribution in [0.1, 0.15) is 27.2 Å². The van der Waals surface area contributed by atoms with E-state index in [9.17, 15) is 13.2 Å². The number of nitrogens with one attached hydrogen (secondary N) is 1. The quantitative estimate of drug-likeness (QED) is 0.867. The summed E-state index contributed by atoms with van der Waals surface area (Å²) in [4.78, 5) is 0. The van der Waals surface area contributed by atoms with E-state index in [1.165, 1.54) is 12.4 Å². The highest BCUT2D eigenvalue weighted by Crippen LogP contribution is 2.19. The molecule has 17 heavy (non-hydrogen) atoms. The SMILES string of the molecule is CC[C@H](C)[C@@H](C)Nc1cnn(CC(F)(F)F)c1. The molecule has 6 heteroatoms. The minimum Gasteiger partial charge on any atom is -0.380 e. The average Bonchev–Trinajstić information content (AvgIpc) is 2.61. The van der Waals surface area contributed by atoms with Gasteiger partial charge in [-0.05, 0) is 12.8 Å². The van der Waals surface area contributed by atoms with Crippen molar-refractivity contribution >= 4 is 5.69 Å². The zero-order valence-electron chi connectivity index (χ0n) is 10.3. The summed E-state index contributed by atoms with van der Waals surface area (Å²) in [6.07, 6.45) is -0.409. The minimum absolute atomic E-state index is 0.212. The van der Waals surface area contributed by atoms with E-state index in [4.69, 9.17) is 0 Å². The third-order valence-corrected chi connectivity index (χ3v) is 2.87. The van der Waals surface area contributed by atoms with E-state index in [-0.39, 0.29) is 6.04 Å². The standard InChI is InChI=1S/C11H18F3N3/c1-4-8(2)9(3)16-10-5-15-17(6-10)7-11(12,13)14/h5-6,8-9,16H,4,7H2,1-3H3/t8-,9+/m0/s1. The second-order valence-corrected chi connectivity index (χ2v) is 4.36. The third-order valence-electron chi connectivity index (χ3n) is 2.87. The predicted octanol–water partition coefficient (Wildman–Crippen LogP) is 3.29. The first kappa shape index (κ1) is 13.9. The van der Waals surface area contributed by atoms with E-state index < -0.39 is 12.7 Å². The van der Waals surface area contributed by atoms with Crippen molar-refractivity contribution in [2.45, 2.75) is 46.0 Å². The molecule has 1 rings (SSSR count). The Balaban J connectivity index is 2.57. The molecule has 0 amide bonds. The normalized spacial score (nSPS) is 15.6. The Morgan fingerprint density at radius 1 is 1.41 bits per heavy atom. The Morgan fingerprint density at radius 2 is 2.06 bits per heavy atom. The second kappa shape index (κ2) is 5.42. The van der Waals surface area contributed by atoms with Gasteiger partial charge in [0, 0.05) is 12.2 Å². The van der Waals surface area contributed by atoms with Crippen LogP contribution in [-0.2, 0) is 6.54 Å². The first-order valence-electron chi connectivity index (χ1n) is 5.67. The fourth-order valence-corrected chi connectivity index (χ4v) is 1.47. The van der Waals surface area contributed by atoms with Crippen molar-refractivity contribution < 1.29 is 13.2 Å². The number of anilines is 1. The number of hydrogen-bond acceptors (Lipinski definition) is 2. The molecule has 1 aromatic rings. The molecule has 0 radical (unpaired) electrons. The first-order valence-corrected chi connectivity index (χ1v) is 5.67. The van der Waals surface area contributed by atoms with Gasteiger partial charge in [0.15, 0.2) is 0 Å². The van der Waals surface area contributed by atoms with Crippen LogP contribution < -0.4 is 5.32 Å². The lowest BCUT2D eigenvalue weighted by molar-refractivity contribution is -0.142. The molecule has 0 aliphatic heterocycles. The number of aromatic nitrogens is 2. The number of halogens is 3. The monoisotopic (exact) mass is 249 g/mol. The summed E-state index contributed by atoms with van der Waals surface area (Å²) in [6.45, 7) is 5.13. The Morgan fingerprint density at radius 3 is 2.59 bits per heavy atom. The Hall–Kier alpha value is -1.20. The molecule has 98 valence electrons. The Kier molecular flexibility index (Phi) is 4.42. The van der Waals surface area contributed by atoms with E-state index >= 15 is 0 Å². The highest BCUT2D eigenvalue weighted by Gasteiger charge is 2.28. The van der Waals surface area contributed by atoms with Crippen molar-refractivity contribution in [3.05, 3.63) is 12.4 Å². The third kappa shape index (κ3) is 4.66. The molecule has 3 nitrogen and oxygen atoms in total. The van der Waals surface area contributed by atoms with E-state index in [1.54, 1.807) is 0 Å². The van der Waals surface area contributed by atoms with Crippen molar-refractivity contribution in [3.63, 3.8) is 0 Å². The van der Waals surface area contributed by atoms with Gasteiger partial charge in [-0.15, -0.1) is 0 Å². The molecule has 0 aromatic carbocycles. The molecule has 1 heterocycles. The highest BCUT2D eigenvalue weighted by atomic mass is 19.4. The van der Waals surface area contributed by atoms with Crippen LogP contribution in [0.3, 0.4) is 0 Å². The molecule has 1 aromatic heterocycles. The predicted molar refractivity (Wildman–Crippen MR) is 60.8 cm³/mol. The number of alkyl halides is 3. The van der Waals surface area contributed by atoms with Crippen LogP contribution in [0, 0.1) is 5.92 Å². The highest BCUT2D eigenvalue weighted by molar-refractivity contribution is 5.39. The molecule has 0 spiro atoms. The van der Waals surface area contributed by atoms with Crippen LogP contribution >= 0.6 is 0 Å². The Bertz CT molecular complexity index is 346. The van der Waals surface area contributed by atoms with Gasteiger partial charge in [0.2, 0.25) is 0 Å². The maximum atomic E-state index is 12.1. The summed E-state index contributed by atoms with van der Waals surface area (Å²) in [6, 6.07) is 0.212. The van der Waals surface area contributed by atoms with Gasteiger partial charge in [-0.3, -0.25) is 4.68 Å². The van der Waals surface area contributed by atoms with Gasteiger partial charge in [0.25, 0.3) is 0 Å². The second-order valence-electron chi connectivity index (χ2n) is 4.36. The van der Waals surface area contributed by atoms with Crippen molar-refractivity contribution in [2.75, 3.05) is 5.32 Å². The lowest BCUT2D eigenvalue weighted by Gasteiger charge is -2.19. The minimum atomic E-state index is -4.23. The molecule has 0 saturated carbocycles. The first-order chi connectivity index (χ1) is 7.81. The van der Waals surface area contributed by atoms with Gasteiger partial charge >= 0.3 is 6.18 Å². The summed E-state index contributed by atoms with van der Waals surface area (Å²) < 4.78 is 37.2. The van der Waals surface area contributed by atoms with Gasteiger partial charge in [-0.25, -0.2) is 0 Å². The van der Waals surface area contributed by atoms with Crippen molar-refractivity contribution in [1.29, 1.82) is 0 Å². The summed E-state index contributed by atoms with van der Waals surface area (Å²) in [5.74, 6) is 0.459. The number of rotatable bonds is 5. The summed E-state index contributed by atoms with van der Waals surface area (Å²) in [7, 11) is 0. The van der Waals surface area contributed by atoms with Gasteiger partial charge < -0.3 is 5.32 Å². The van der Waals surface area contributed by atoms with Gasteiger partial charge in [-0.1, -0.05) is 20.3 Å². The lowest BCUT2D eigenvalue weighted by Crippen LogP contribution is -2.23. The maximum absolute atomic E-state index is 12.1. The van der Waals surface area contributed by atoms with E-state index in [0.29, 0.717) is 11.6 Å². The smallest absolute Gasteiger partial charge is 0.380 e. The fourth-order valence-electron chi connectivity index (χ4n) is 1.47. The summed E-state index contributed by atoms with van der Waals surface area (Å²) >= 11 is 0. The Labute approximate surface area is 99.0 Å². The topological polar surface area (TPSA) is 29.9 Å². The molecule has 0 unspecified atom stereocenters. The number of hydrogen-bond donors (Lipinski definition) is 1. The van der Waals surface area contributed by atoms with Crippen LogP contribution in [0.5, 0.6) is 0 Å². The molecule has 0 aliphatic rings. The molecular formula is C11H18F3N3. The largest absolute Gasteiger partial charge is 0.408 e. The van der Waals surface area contributed by atoms with Crippen LogP contribution in [0.2, 0.25) is 0 Å². The van der Waals surface area contributed by atoms with Crippen molar-refractivity contribution in [1.82, 2.24) is 9.78 Å². The van der Waals surface area contributed by atoms with Gasteiger partial charge in [0.1, 0.15) is 6.54 Å². The van der Waals surface area contributed by atoms with Gasteiger partial charge in [-0.2, -0.15) is 18.3 Å². The molecule has 0 saturated heterocycles. The number of nitrogens with zero attached hydrogens (tertiary/aromatic N) is 2. The van der Waals surface area contributed by atoms with E-state index in [2.05, 4.69) is 24.3 Å². The molecule has 2 atom stereocenters. The van der Waals surface area contributed by atoms with Crippen molar-refractivity contribution in [3.8, 4) is 0 Å². The average molecular weight is 249 g/mol. The van der Waals surface area contributed by atoms with Crippen molar-refractivity contribution in [2.24, 2.45) is 5.92 Å². The van der Waals surface area contributed by atoms with Crippen LogP contribution in [0.4, 0.5) is 18.9 Å². The molecule has 0 bridgehead atoms.